The number of rotatable bonds is 4. The maximum Gasteiger partial charge on any atom is 0.230 e. The van der Waals surface area contributed by atoms with Crippen molar-refractivity contribution in [1.82, 2.24) is 15.0 Å². The Morgan fingerprint density at radius 3 is 3.00 bits per heavy atom. The van der Waals surface area contributed by atoms with Gasteiger partial charge in [-0.25, -0.2) is 0 Å². The number of carbonyl (C=O) groups excluding carboxylic acids is 1. The van der Waals surface area contributed by atoms with Crippen LogP contribution < -0.4 is 0 Å². The van der Waals surface area contributed by atoms with Crippen LogP contribution in [0.2, 0.25) is 0 Å². The van der Waals surface area contributed by atoms with Crippen molar-refractivity contribution >= 4 is 17.2 Å². The zero-order valence-corrected chi connectivity index (χ0v) is 13.0. The molecule has 2 aromatic rings. The second-order valence-corrected chi connectivity index (χ2v) is 6.24. The molecule has 3 rings (SSSR count). The number of terminal acetylenes is 1. The number of nitrogens with zero attached hydrogens (tertiary/aromatic N) is 3. The number of hydrogen-bond donors (Lipinski definition) is 0. The Morgan fingerprint density at radius 2 is 2.32 bits per heavy atom. The Bertz CT molecular complexity index is 664. The summed E-state index contributed by atoms with van der Waals surface area (Å²) in [5.41, 5.74) is 0. The zero-order valence-electron chi connectivity index (χ0n) is 12.2. The Morgan fingerprint density at radius 1 is 1.50 bits per heavy atom. The predicted molar refractivity (Wildman–Crippen MR) is 84.2 cm³/mol. The van der Waals surface area contributed by atoms with Crippen LogP contribution in [0, 0.1) is 12.3 Å². The van der Waals surface area contributed by atoms with Gasteiger partial charge in [0.15, 0.2) is 0 Å². The number of amides is 1. The highest BCUT2D eigenvalue weighted by Gasteiger charge is 2.27. The topological polar surface area (TPSA) is 59.2 Å². The number of likely N-dealkylation sites (tertiary alicyclic amines) is 1. The molecule has 1 saturated heterocycles. The summed E-state index contributed by atoms with van der Waals surface area (Å²) in [6.45, 7) is 1.45. The van der Waals surface area contributed by atoms with Gasteiger partial charge in [-0.1, -0.05) is 11.2 Å². The van der Waals surface area contributed by atoms with E-state index in [9.17, 15) is 4.79 Å². The third-order valence-corrected chi connectivity index (χ3v) is 4.73. The largest absolute Gasteiger partial charge is 0.343 e. The van der Waals surface area contributed by atoms with E-state index in [0.717, 1.165) is 30.8 Å². The predicted octanol–water partition coefficient (Wildman–Crippen LogP) is 2.92. The van der Waals surface area contributed by atoms with Crippen LogP contribution in [0.15, 0.2) is 22.0 Å². The number of carbonyl (C=O) groups is 1. The number of hydrogen-bond acceptors (Lipinski definition) is 5. The number of aromatic nitrogens is 2. The maximum absolute atomic E-state index is 11.9. The van der Waals surface area contributed by atoms with Gasteiger partial charge in [0.05, 0.1) is 4.88 Å². The van der Waals surface area contributed by atoms with Gasteiger partial charge in [-0.3, -0.25) is 4.79 Å². The molecule has 1 fully saturated rings. The molecule has 0 N–H and O–H groups in total. The molecule has 1 aliphatic heterocycles. The van der Waals surface area contributed by atoms with Crippen LogP contribution in [-0.4, -0.2) is 34.0 Å². The van der Waals surface area contributed by atoms with Gasteiger partial charge in [0, 0.05) is 31.8 Å². The molecule has 6 heteroatoms. The van der Waals surface area contributed by atoms with Crippen LogP contribution in [0.25, 0.3) is 10.7 Å². The van der Waals surface area contributed by atoms with Crippen molar-refractivity contribution in [2.24, 2.45) is 0 Å². The van der Waals surface area contributed by atoms with Crippen molar-refractivity contribution in [3.63, 3.8) is 0 Å². The molecule has 0 spiro atoms. The Balaban J connectivity index is 1.58. The van der Waals surface area contributed by atoms with E-state index in [1.807, 2.05) is 22.4 Å². The fourth-order valence-electron chi connectivity index (χ4n) is 2.62. The van der Waals surface area contributed by atoms with Crippen LogP contribution in [0.1, 0.15) is 37.5 Å². The van der Waals surface area contributed by atoms with Crippen LogP contribution in [0.3, 0.4) is 0 Å². The van der Waals surface area contributed by atoms with E-state index in [4.69, 9.17) is 10.9 Å². The fraction of sp³-hybridized carbons (Fsp3) is 0.438. The lowest BCUT2D eigenvalue weighted by Crippen LogP contribution is -2.37. The van der Waals surface area contributed by atoms with E-state index in [0.29, 0.717) is 24.6 Å². The Labute approximate surface area is 133 Å². The van der Waals surface area contributed by atoms with E-state index in [2.05, 4.69) is 16.1 Å². The van der Waals surface area contributed by atoms with Crippen molar-refractivity contribution in [1.29, 1.82) is 0 Å². The minimum atomic E-state index is 0.140. The van der Waals surface area contributed by atoms with Crippen molar-refractivity contribution < 1.29 is 9.32 Å². The van der Waals surface area contributed by atoms with Gasteiger partial charge < -0.3 is 9.42 Å². The molecule has 0 radical (unpaired) electrons. The third-order valence-electron chi connectivity index (χ3n) is 3.86. The molecule has 3 heterocycles. The zero-order chi connectivity index (χ0) is 15.4. The van der Waals surface area contributed by atoms with Crippen LogP contribution in [-0.2, 0) is 4.79 Å². The summed E-state index contributed by atoms with van der Waals surface area (Å²) in [6, 6.07) is 3.95. The molecule has 2 aromatic heterocycles. The first-order valence-electron chi connectivity index (χ1n) is 7.36. The summed E-state index contributed by atoms with van der Waals surface area (Å²) >= 11 is 1.59. The highest BCUT2D eigenvalue weighted by molar-refractivity contribution is 7.13. The molecular formula is C16H17N3O2S. The normalized spacial score (nSPS) is 15.7. The van der Waals surface area contributed by atoms with Gasteiger partial charge in [-0.2, -0.15) is 4.98 Å². The molecule has 1 aliphatic rings. The minimum absolute atomic E-state index is 0.140. The quantitative estimate of drug-likeness (QED) is 0.814. The van der Waals surface area contributed by atoms with Crippen LogP contribution >= 0.6 is 11.3 Å². The molecule has 0 bridgehead atoms. The summed E-state index contributed by atoms with van der Waals surface area (Å²) in [4.78, 5) is 19.3. The van der Waals surface area contributed by atoms with Crippen LogP contribution in [0.4, 0.5) is 0 Å². The van der Waals surface area contributed by atoms with Crippen molar-refractivity contribution in [3.8, 4) is 23.0 Å². The van der Waals surface area contributed by atoms with Gasteiger partial charge in [-0.15, -0.1) is 23.7 Å². The van der Waals surface area contributed by atoms with Gasteiger partial charge in [0.2, 0.25) is 17.6 Å². The van der Waals surface area contributed by atoms with Gasteiger partial charge in [0.1, 0.15) is 0 Å². The third kappa shape index (κ3) is 3.20. The Hall–Kier alpha value is -2.13. The molecule has 5 nitrogen and oxygen atoms in total. The lowest BCUT2D eigenvalue weighted by Gasteiger charge is -2.30. The number of thiophene rings is 1. The fourth-order valence-corrected chi connectivity index (χ4v) is 3.27. The lowest BCUT2D eigenvalue weighted by atomic mass is 9.96. The summed E-state index contributed by atoms with van der Waals surface area (Å²) in [5, 5.41) is 6.04. The van der Waals surface area contributed by atoms with Gasteiger partial charge in [0.25, 0.3) is 0 Å². The monoisotopic (exact) mass is 315 g/mol. The molecule has 0 atom stereocenters. The van der Waals surface area contributed by atoms with E-state index in [1.54, 1.807) is 11.3 Å². The standard InChI is InChI=1S/C16H17N3O2S/c1-2-3-6-14(20)19-9-7-12(8-10-19)16-17-15(18-21-16)13-5-4-11-22-13/h1,4-5,11-12H,3,6-10H2. The minimum Gasteiger partial charge on any atom is -0.343 e. The second kappa shape index (κ2) is 6.75. The summed E-state index contributed by atoms with van der Waals surface area (Å²) < 4.78 is 5.40. The number of piperidine rings is 1. The highest BCUT2D eigenvalue weighted by Crippen LogP contribution is 2.29. The molecule has 114 valence electrons. The average molecular weight is 315 g/mol. The first kappa shape index (κ1) is 14.8. The van der Waals surface area contributed by atoms with Crippen molar-refractivity contribution in [2.45, 2.75) is 31.6 Å². The first-order chi connectivity index (χ1) is 10.8. The molecular weight excluding hydrogens is 298 g/mol. The summed E-state index contributed by atoms with van der Waals surface area (Å²) in [5.74, 6) is 4.21. The second-order valence-electron chi connectivity index (χ2n) is 5.29. The SMILES string of the molecule is C#CCCC(=O)N1CCC(c2nc(-c3cccs3)no2)CC1. The van der Waals surface area contributed by atoms with Gasteiger partial charge in [-0.05, 0) is 24.3 Å². The summed E-state index contributed by atoms with van der Waals surface area (Å²) in [6.07, 6.45) is 7.85. The van der Waals surface area contributed by atoms with E-state index < -0.39 is 0 Å². The smallest absolute Gasteiger partial charge is 0.230 e. The first-order valence-corrected chi connectivity index (χ1v) is 8.24. The average Bonchev–Trinajstić information content (AvgIpc) is 3.23. The molecule has 1 amide bonds. The molecule has 22 heavy (non-hydrogen) atoms. The molecule has 0 saturated carbocycles. The molecule has 0 aromatic carbocycles. The van der Waals surface area contributed by atoms with Crippen molar-refractivity contribution in [3.05, 3.63) is 23.4 Å². The lowest BCUT2D eigenvalue weighted by molar-refractivity contribution is -0.132. The van der Waals surface area contributed by atoms with Crippen LogP contribution in [0.5, 0.6) is 0 Å². The van der Waals surface area contributed by atoms with E-state index in [-0.39, 0.29) is 11.8 Å². The highest BCUT2D eigenvalue weighted by atomic mass is 32.1. The molecule has 0 aliphatic carbocycles. The maximum atomic E-state index is 11.9. The van der Waals surface area contributed by atoms with E-state index >= 15 is 0 Å². The summed E-state index contributed by atoms with van der Waals surface area (Å²) in [7, 11) is 0. The molecule has 0 unspecified atom stereocenters. The van der Waals surface area contributed by atoms with E-state index in [1.165, 1.54) is 0 Å². The Kier molecular flexibility index (Phi) is 4.54. The van der Waals surface area contributed by atoms with Crippen molar-refractivity contribution in [2.75, 3.05) is 13.1 Å². The van der Waals surface area contributed by atoms with Gasteiger partial charge >= 0.3 is 0 Å².